The van der Waals surface area contributed by atoms with Gasteiger partial charge in [0.25, 0.3) is 0 Å². The molecule has 0 unspecified atom stereocenters. The van der Waals surface area contributed by atoms with Crippen LogP contribution < -0.4 is 15.2 Å². The molecule has 0 atom stereocenters. The van der Waals surface area contributed by atoms with E-state index in [0.717, 1.165) is 18.4 Å². The Bertz CT molecular complexity index is 1120. The fraction of sp³-hybridized carbons (Fsp3) is 0.214. The highest BCUT2D eigenvalue weighted by Gasteiger charge is 2.17. The van der Waals surface area contributed by atoms with E-state index in [0.29, 0.717) is 23.6 Å². The van der Waals surface area contributed by atoms with Gasteiger partial charge in [0.2, 0.25) is 0 Å². The summed E-state index contributed by atoms with van der Waals surface area (Å²) in [6, 6.07) is 19.1. The largest absolute Gasteiger partial charge is 0.507 e. The first-order chi connectivity index (χ1) is 16.9. The number of hydrogen-bond donors (Lipinski definition) is 2. The average Bonchev–Trinajstić information content (AvgIpc) is 2.88. The summed E-state index contributed by atoms with van der Waals surface area (Å²) in [5, 5.41) is 9.99. The van der Waals surface area contributed by atoms with E-state index in [1.165, 1.54) is 26.4 Å². The van der Waals surface area contributed by atoms with Crippen molar-refractivity contribution >= 4 is 23.5 Å². The third-order valence-electron chi connectivity index (χ3n) is 4.86. The molecule has 0 aliphatic rings. The van der Waals surface area contributed by atoms with E-state index in [9.17, 15) is 14.7 Å². The number of ketones is 1. The molecule has 0 aromatic heterocycles. The maximum absolute atomic E-state index is 12.3. The first kappa shape index (κ1) is 27.0. The summed E-state index contributed by atoms with van der Waals surface area (Å²) in [5.74, 6) is -0.0919. The van der Waals surface area contributed by atoms with Crippen molar-refractivity contribution in [3.05, 3.63) is 89.5 Å². The second-order valence-electron chi connectivity index (χ2n) is 7.44. The number of nitrogens with two attached hydrogens (primary N) is 1. The lowest BCUT2D eigenvalue weighted by molar-refractivity contribution is 0.0499. The fourth-order valence-electron chi connectivity index (χ4n) is 2.93. The summed E-state index contributed by atoms with van der Waals surface area (Å²) in [7, 11) is 2.91. The van der Waals surface area contributed by atoms with Crippen molar-refractivity contribution in [3.8, 4) is 17.2 Å². The van der Waals surface area contributed by atoms with E-state index in [4.69, 9.17) is 19.9 Å². The Kier molecular flexibility index (Phi) is 10.9. The van der Waals surface area contributed by atoms with Gasteiger partial charge >= 0.3 is 5.97 Å². The molecule has 0 spiro atoms. The van der Waals surface area contributed by atoms with Crippen molar-refractivity contribution < 1.29 is 28.9 Å². The molecule has 0 radical (unpaired) electrons. The van der Waals surface area contributed by atoms with Crippen LogP contribution in [0.1, 0.15) is 46.0 Å². The summed E-state index contributed by atoms with van der Waals surface area (Å²) in [5.41, 5.74) is 7.71. The number of carbonyl (C=O) groups excluding carboxylic acids is 2. The zero-order valence-corrected chi connectivity index (χ0v) is 20.2. The predicted octanol–water partition coefficient (Wildman–Crippen LogP) is 5.53. The molecular weight excluding hydrogens is 446 g/mol. The molecule has 0 heterocycles. The van der Waals surface area contributed by atoms with Gasteiger partial charge in [-0.3, -0.25) is 4.79 Å². The standard InChI is InChI=1S/C17H16O4.C11H15NO2/c1-20-13-10-15(19)17(16(11-13)21-2)14(18)9-8-12-6-4-3-5-7-12;1-2-3-8-14-11(13)9-4-6-10(12)7-5-9/h3-11,19H,1-2H3;4-7H,2-3,8,12H2,1H3. The Hall–Kier alpha value is -4.26. The first-order valence-corrected chi connectivity index (χ1v) is 11.1. The maximum atomic E-state index is 12.3. The smallest absolute Gasteiger partial charge is 0.338 e. The monoisotopic (exact) mass is 477 g/mol. The van der Waals surface area contributed by atoms with E-state index >= 15 is 0 Å². The molecule has 3 aromatic rings. The van der Waals surface area contributed by atoms with Gasteiger partial charge in [0.05, 0.1) is 26.4 Å². The number of phenolic OH excluding ortho intramolecular Hbond substituents is 1. The summed E-state index contributed by atoms with van der Waals surface area (Å²) in [6.45, 7) is 2.54. The molecule has 0 amide bonds. The molecule has 3 aromatic carbocycles. The molecule has 0 bridgehead atoms. The van der Waals surface area contributed by atoms with Crippen LogP contribution in [0.3, 0.4) is 0 Å². The fourth-order valence-corrected chi connectivity index (χ4v) is 2.93. The molecule has 3 rings (SSSR count). The molecule has 0 aliphatic carbocycles. The van der Waals surface area contributed by atoms with Gasteiger partial charge in [-0.25, -0.2) is 4.79 Å². The third-order valence-corrected chi connectivity index (χ3v) is 4.86. The Balaban J connectivity index is 0.000000269. The SMILES string of the molecule is CCCCOC(=O)c1ccc(N)cc1.COc1cc(O)c(C(=O)C=Cc2ccccc2)c(OC)c1. The quantitative estimate of drug-likeness (QED) is 0.137. The Morgan fingerprint density at radius 1 is 0.971 bits per heavy atom. The normalized spacial score (nSPS) is 10.3. The summed E-state index contributed by atoms with van der Waals surface area (Å²) in [6.07, 6.45) is 5.01. The summed E-state index contributed by atoms with van der Waals surface area (Å²) in [4.78, 5) is 23.6. The number of allylic oxidation sites excluding steroid dienone is 1. The number of phenols is 1. The Labute approximate surface area is 205 Å². The number of ether oxygens (including phenoxy) is 3. The van der Waals surface area contributed by atoms with Crippen LogP contribution in [0.15, 0.2) is 72.8 Å². The van der Waals surface area contributed by atoms with Gasteiger partial charge in [-0.1, -0.05) is 49.8 Å². The molecule has 0 aliphatic heterocycles. The lowest BCUT2D eigenvalue weighted by atomic mass is 10.1. The van der Waals surface area contributed by atoms with Crippen molar-refractivity contribution in [1.29, 1.82) is 0 Å². The molecule has 0 fully saturated rings. The minimum Gasteiger partial charge on any atom is -0.507 e. The number of nitrogen functional groups attached to an aromatic ring is 1. The van der Waals surface area contributed by atoms with Crippen LogP contribution in [0.5, 0.6) is 17.2 Å². The molecule has 0 saturated heterocycles. The predicted molar refractivity (Wildman–Crippen MR) is 137 cm³/mol. The van der Waals surface area contributed by atoms with E-state index in [1.54, 1.807) is 36.4 Å². The topological polar surface area (TPSA) is 108 Å². The van der Waals surface area contributed by atoms with Gasteiger partial charge in [-0.05, 0) is 42.3 Å². The molecular formula is C28H31NO6. The first-order valence-electron chi connectivity index (χ1n) is 11.1. The number of methoxy groups -OCH3 is 2. The van der Waals surface area contributed by atoms with Crippen LogP contribution in [-0.4, -0.2) is 37.7 Å². The number of aromatic hydroxyl groups is 1. The zero-order chi connectivity index (χ0) is 25.6. The number of carbonyl (C=O) groups is 2. The van der Waals surface area contributed by atoms with Crippen LogP contribution in [0.25, 0.3) is 6.08 Å². The Morgan fingerprint density at radius 2 is 1.66 bits per heavy atom. The van der Waals surface area contributed by atoms with Crippen molar-refractivity contribution in [2.24, 2.45) is 0 Å². The van der Waals surface area contributed by atoms with Crippen LogP contribution in [0, 0.1) is 0 Å². The van der Waals surface area contributed by atoms with Crippen LogP contribution in [0.2, 0.25) is 0 Å². The minimum atomic E-state index is -0.337. The van der Waals surface area contributed by atoms with E-state index < -0.39 is 0 Å². The molecule has 35 heavy (non-hydrogen) atoms. The van der Waals surface area contributed by atoms with Crippen molar-refractivity contribution in [2.45, 2.75) is 19.8 Å². The minimum absolute atomic E-state index is 0.116. The van der Waals surface area contributed by atoms with Gasteiger partial charge in [-0.2, -0.15) is 0 Å². The van der Waals surface area contributed by atoms with Crippen LogP contribution in [-0.2, 0) is 4.74 Å². The van der Waals surface area contributed by atoms with Crippen LogP contribution >= 0.6 is 0 Å². The second-order valence-corrected chi connectivity index (χ2v) is 7.44. The molecule has 0 saturated carbocycles. The van der Waals surface area contributed by atoms with E-state index in [2.05, 4.69) is 6.92 Å². The van der Waals surface area contributed by atoms with Gasteiger partial charge < -0.3 is 25.1 Å². The van der Waals surface area contributed by atoms with Crippen molar-refractivity contribution in [2.75, 3.05) is 26.6 Å². The van der Waals surface area contributed by atoms with Gasteiger partial charge in [-0.15, -0.1) is 0 Å². The number of unbranched alkanes of at least 4 members (excludes halogenated alkanes) is 1. The number of rotatable bonds is 9. The number of esters is 1. The second kappa shape index (κ2) is 14.1. The molecule has 7 nitrogen and oxygen atoms in total. The van der Waals surface area contributed by atoms with Gasteiger partial charge in [0, 0.05) is 17.8 Å². The van der Waals surface area contributed by atoms with Crippen LogP contribution in [0.4, 0.5) is 5.69 Å². The molecule has 184 valence electrons. The van der Waals surface area contributed by atoms with Gasteiger partial charge in [0.1, 0.15) is 22.8 Å². The number of anilines is 1. The number of hydrogen-bond acceptors (Lipinski definition) is 7. The zero-order valence-electron chi connectivity index (χ0n) is 20.2. The third kappa shape index (κ3) is 8.55. The summed E-state index contributed by atoms with van der Waals surface area (Å²) < 4.78 is 15.2. The Morgan fingerprint density at radius 3 is 2.26 bits per heavy atom. The van der Waals surface area contributed by atoms with Gasteiger partial charge in [0.15, 0.2) is 5.78 Å². The molecule has 7 heteroatoms. The highest BCUT2D eigenvalue weighted by Crippen LogP contribution is 2.33. The van der Waals surface area contributed by atoms with Crippen molar-refractivity contribution in [1.82, 2.24) is 0 Å². The highest BCUT2D eigenvalue weighted by molar-refractivity contribution is 6.10. The maximum Gasteiger partial charge on any atom is 0.338 e. The lowest BCUT2D eigenvalue weighted by Crippen LogP contribution is -2.06. The average molecular weight is 478 g/mol. The summed E-state index contributed by atoms with van der Waals surface area (Å²) >= 11 is 0. The van der Waals surface area contributed by atoms with E-state index in [1.807, 2.05) is 30.3 Å². The number of benzene rings is 3. The van der Waals surface area contributed by atoms with Crippen molar-refractivity contribution in [3.63, 3.8) is 0 Å². The lowest BCUT2D eigenvalue weighted by Gasteiger charge is -2.10. The van der Waals surface area contributed by atoms with E-state index in [-0.39, 0.29) is 28.8 Å². The highest BCUT2D eigenvalue weighted by atomic mass is 16.5. The molecule has 3 N–H and O–H groups in total.